The summed E-state index contributed by atoms with van der Waals surface area (Å²) in [6, 6.07) is 0. The monoisotopic (exact) mass is 258 g/mol. The van der Waals surface area contributed by atoms with Crippen LogP contribution in [0.3, 0.4) is 0 Å². The van der Waals surface area contributed by atoms with E-state index < -0.39 is 17.4 Å². The molecule has 0 aromatic carbocycles. The Morgan fingerprint density at radius 3 is 2.88 bits per heavy atom. The molecule has 1 aromatic heterocycles. The van der Waals surface area contributed by atoms with E-state index in [0.717, 1.165) is 0 Å². The van der Waals surface area contributed by atoms with E-state index in [9.17, 15) is 14.7 Å². The summed E-state index contributed by atoms with van der Waals surface area (Å²) in [7, 11) is 0. The Hall–Kier alpha value is -1.05. The summed E-state index contributed by atoms with van der Waals surface area (Å²) in [5, 5.41) is 18.2. The van der Waals surface area contributed by atoms with Crippen molar-refractivity contribution in [3.8, 4) is 0 Å². The highest BCUT2D eigenvalue weighted by molar-refractivity contribution is 8.00. The molecule has 0 saturated carbocycles. The third-order valence-corrected chi connectivity index (χ3v) is 4.39. The van der Waals surface area contributed by atoms with Gasteiger partial charge in [0.25, 0.3) is 5.56 Å². The molecule has 1 aliphatic rings. The van der Waals surface area contributed by atoms with E-state index in [0.29, 0.717) is 12.0 Å². The summed E-state index contributed by atoms with van der Waals surface area (Å²) in [6.45, 7) is 1.49. The SMILES string of the molecule is Cc1cn([C@@H]2C[C@@H](O)[C@H](CO)S2)c(=O)[nH]c1=O. The number of H-pyrrole nitrogens is 1. The van der Waals surface area contributed by atoms with Gasteiger partial charge in [-0.3, -0.25) is 14.3 Å². The van der Waals surface area contributed by atoms with Gasteiger partial charge in [-0.15, -0.1) is 11.8 Å². The molecule has 0 unspecified atom stereocenters. The van der Waals surface area contributed by atoms with E-state index >= 15 is 0 Å². The van der Waals surface area contributed by atoms with Crippen LogP contribution in [-0.4, -0.2) is 37.7 Å². The molecular weight excluding hydrogens is 244 g/mol. The van der Waals surface area contributed by atoms with Crippen LogP contribution in [0.1, 0.15) is 17.4 Å². The molecule has 1 saturated heterocycles. The maximum absolute atomic E-state index is 11.6. The number of hydrogen-bond acceptors (Lipinski definition) is 5. The molecule has 0 spiro atoms. The Balaban J connectivity index is 2.34. The van der Waals surface area contributed by atoms with Crippen LogP contribution < -0.4 is 11.2 Å². The molecule has 6 nitrogen and oxygen atoms in total. The van der Waals surface area contributed by atoms with Gasteiger partial charge in [-0.2, -0.15) is 0 Å². The standard InChI is InChI=1S/C10H14N2O4S/c1-5-3-12(10(16)11-9(5)15)8-2-6(14)7(4-13)17-8/h3,6-8,13-14H,2,4H2,1H3,(H,11,15,16)/t6-,7+,8+/m1/s1. The lowest BCUT2D eigenvalue weighted by molar-refractivity contribution is 0.137. The molecule has 2 rings (SSSR count). The van der Waals surface area contributed by atoms with Gasteiger partial charge >= 0.3 is 5.69 Å². The zero-order valence-electron chi connectivity index (χ0n) is 9.29. The number of aryl methyl sites for hydroxylation is 1. The van der Waals surface area contributed by atoms with Crippen LogP contribution in [0.5, 0.6) is 0 Å². The topological polar surface area (TPSA) is 95.3 Å². The van der Waals surface area contributed by atoms with Crippen molar-refractivity contribution in [1.29, 1.82) is 0 Å². The Morgan fingerprint density at radius 2 is 2.29 bits per heavy atom. The molecule has 2 heterocycles. The van der Waals surface area contributed by atoms with E-state index in [1.165, 1.54) is 22.5 Å². The number of aliphatic hydroxyl groups excluding tert-OH is 2. The smallest absolute Gasteiger partial charge is 0.329 e. The van der Waals surface area contributed by atoms with Crippen molar-refractivity contribution in [2.24, 2.45) is 0 Å². The first-order valence-corrected chi connectivity index (χ1v) is 6.23. The average Bonchev–Trinajstić information content (AvgIpc) is 2.65. The molecule has 3 atom stereocenters. The summed E-state index contributed by atoms with van der Waals surface area (Å²) >= 11 is 1.34. The number of rotatable bonds is 2. The second kappa shape index (κ2) is 4.67. The van der Waals surface area contributed by atoms with Crippen LogP contribution in [0.2, 0.25) is 0 Å². The highest BCUT2D eigenvalue weighted by atomic mass is 32.2. The minimum Gasteiger partial charge on any atom is -0.395 e. The zero-order chi connectivity index (χ0) is 12.6. The quantitative estimate of drug-likeness (QED) is 0.645. The Bertz CT molecular complexity index is 524. The molecular formula is C10H14N2O4S. The normalized spacial score (nSPS) is 28.5. The zero-order valence-corrected chi connectivity index (χ0v) is 10.1. The van der Waals surface area contributed by atoms with Crippen molar-refractivity contribution in [2.45, 2.75) is 30.1 Å². The highest BCUT2D eigenvalue weighted by Gasteiger charge is 2.34. The van der Waals surface area contributed by atoms with Gasteiger partial charge < -0.3 is 10.2 Å². The van der Waals surface area contributed by atoms with E-state index in [4.69, 9.17) is 5.11 Å². The molecule has 1 fully saturated rings. The van der Waals surface area contributed by atoms with Gasteiger partial charge in [0.2, 0.25) is 0 Å². The Kier molecular flexibility index (Phi) is 3.41. The minimum atomic E-state index is -0.630. The van der Waals surface area contributed by atoms with Crippen molar-refractivity contribution < 1.29 is 10.2 Å². The molecule has 0 aliphatic carbocycles. The fourth-order valence-electron chi connectivity index (χ4n) is 1.85. The summed E-state index contributed by atoms with van der Waals surface area (Å²) in [6.07, 6.45) is 1.25. The van der Waals surface area contributed by atoms with Gasteiger partial charge in [-0.25, -0.2) is 4.79 Å². The van der Waals surface area contributed by atoms with Crippen LogP contribution in [0, 0.1) is 6.92 Å². The summed E-state index contributed by atoms with van der Waals surface area (Å²) in [5.41, 5.74) is -0.426. The van der Waals surface area contributed by atoms with Crippen LogP contribution >= 0.6 is 11.8 Å². The maximum atomic E-state index is 11.6. The van der Waals surface area contributed by atoms with Gasteiger partial charge in [-0.05, 0) is 6.92 Å². The summed E-state index contributed by atoms with van der Waals surface area (Å²) < 4.78 is 1.40. The Morgan fingerprint density at radius 1 is 1.59 bits per heavy atom. The van der Waals surface area contributed by atoms with Crippen molar-refractivity contribution in [3.63, 3.8) is 0 Å². The molecule has 1 aromatic rings. The van der Waals surface area contributed by atoms with Crippen molar-refractivity contribution in [1.82, 2.24) is 9.55 Å². The highest BCUT2D eigenvalue weighted by Crippen LogP contribution is 2.40. The molecule has 0 radical (unpaired) electrons. The first-order chi connectivity index (χ1) is 8.02. The fraction of sp³-hybridized carbons (Fsp3) is 0.600. The predicted octanol–water partition coefficient (Wildman–Crippen LogP) is -0.798. The lowest BCUT2D eigenvalue weighted by atomic mass is 10.2. The third kappa shape index (κ3) is 2.31. The van der Waals surface area contributed by atoms with E-state index in [1.54, 1.807) is 6.92 Å². The lowest BCUT2D eigenvalue weighted by Gasteiger charge is -2.13. The van der Waals surface area contributed by atoms with Crippen molar-refractivity contribution in [3.05, 3.63) is 32.6 Å². The number of hydrogen-bond donors (Lipinski definition) is 3. The number of nitrogens with zero attached hydrogens (tertiary/aromatic N) is 1. The van der Waals surface area contributed by atoms with Crippen molar-refractivity contribution >= 4 is 11.8 Å². The fourth-order valence-corrected chi connectivity index (χ4v) is 3.23. The van der Waals surface area contributed by atoms with E-state index in [2.05, 4.69) is 4.98 Å². The van der Waals surface area contributed by atoms with E-state index in [-0.39, 0.29) is 17.2 Å². The number of thioether (sulfide) groups is 1. The molecule has 3 N–H and O–H groups in total. The van der Waals surface area contributed by atoms with Gasteiger partial charge in [0, 0.05) is 18.2 Å². The number of nitrogens with one attached hydrogen (secondary N) is 1. The molecule has 94 valence electrons. The van der Waals surface area contributed by atoms with Crippen LogP contribution in [-0.2, 0) is 0 Å². The van der Waals surface area contributed by atoms with Gasteiger partial charge in [0.05, 0.1) is 23.3 Å². The second-order valence-electron chi connectivity index (χ2n) is 4.09. The van der Waals surface area contributed by atoms with Crippen molar-refractivity contribution in [2.75, 3.05) is 6.61 Å². The predicted molar refractivity (Wildman–Crippen MR) is 64.2 cm³/mol. The molecule has 7 heteroatoms. The average molecular weight is 258 g/mol. The minimum absolute atomic E-state index is 0.126. The lowest BCUT2D eigenvalue weighted by Crippen LogP contribution is -2.32. The second-order valence-corrected chi connectivity index (χ2v) is 5.52. The molecule has 0 bridgehead atoms. The first kappa shape index (κ1) is 12.4. The third-order valence-electron chi connectivity index (χ3n) is 2.84. The summed E-state index contributed by atoms with van der Waals surface area (Å²) in [5.74, 6) is 0. The first-order valence-electron chi connectivity index (χ1n) is 5.29. The molecule has 0 amide bonds. The van der Waals surface area contributed by atoms with Crippen LogP contribution in [0.25, 0.3) is 0 Å². The molecule has 1 aliphatic heterocycles. The van der Waals surface area contributed by atoms with E-state index in [1.807, 2.05) is 0 Å². The largest absolute Gasteiger partial charge is 0.395 e. The summed E-state index contributed by atoms with van der Waals surface area (Å²) in [4.78, 5) is 25.1. The number of aliphatic hydroxyl groups is 2. The molecule has 17 heavy (non-hydrogen) atoms. The van der Waals surface area contributed by atoms with Gasteiger partial charge in [-0.1, -0.05) is 0 Å². The maximum Gasteiger partial charge on any atom is 0.329 e. The van der Waals surface area contributed by atoms with Gasteiger partial charge in [0.15, 0.2) is 0 Å². The van der Waals surface area contributed by atoms with Gasteiger partial charge in [0.1, 0.15) is 0 Å². The Labute approximate surface area is 101 Å². The van der Waals surface area contributed by atoms with Crippen LogP contribution in [0.4, 0.5) is 0 Å². The van der Waals surface area contributed by atoms with Crippen LogP contribution in [0.15, 0.2) is 15.8 Å². The number of aromatic nitrogens is 2. The number of aromatic amines is 1.